The Morgan fingerprint density at radius 3 is 2.63 bits per heavy atom. The van der Waals surface area contributed by atoms with Crippen molar-refractivity contribution in [2.45, 2.75) is 50.2 Å². The molecule has 1 fully saturated rings. The number of hydrogen-bond donors (Lipinski definition) is 2. The Balaban J connectivity index is 1.81. The summed E-state index contributed by atoms with van der Waals surface area (Å²) in [6, 6.07) is 8.03. The van der Waals surface area contributed by atoms with Crippen molar-refractivity contribution in [3.8, 4) is 5.75 Å². The fraction of sp³-hybridized carbons (Fsp3) is 0.435. The van der Waals surface area contributed by atoms with Crippen molar-refractivity contribution in [2.24, 2.45) is 5.73 Å². The first-order valence-corrected chi connectivity index (χ1v) is 13.1. The molecule has 1 aliphatic heterocycles. The summed E-state index contributed by atoms with van der Waals surface area (Å²) in [4.78, 5) is 14.7. The molecule has 1 heterocycles. The van der Waals surface area contributed by atoms with Crippen LogP contribution in [-0.4, -0.2) is 50.5 Å². The van der Waals surface area contributed by atoms with Gasteiger partial charge in [0.25, 0.3) is 5.91 Å². The van der Waals surface area contributed by atoms with Crippen molar-refractivity contribution in [1.82, 2.24) is 10.2 Å². The Morgan fingerprint density at radius 2 is 1.97 bits per heavy atom. The van der Waals surface area contributed by atoms with Gasteiger partial charge in [-0.25, -0.2) is 8.42 Å². The van der Waals surface area contributed by atoms with Crippen molar-refractivity contribution in [2.75, 3.05) is 18.8 Å². The van der Waals surface area contributed by atoms with Gasteiger partial charge in [0.2, 0.25) is 0 Å². The molecule has 1 aliphatic rings. The minimum atomic E-state index is -4.94. The van der Waals surface area contributed by atoms with Crippen LogP contribution < -0.4 is 15.8 Å². The van der Waals surface area contributed by atoms with Crippen molar-refractivity contribution in [3.63, 3.8) is 0 Å². The minimum Gasteiger partial charge on any atom is -0.405 e. The number of hydrogen-bond acceptors (Lipinski definition) is 6. The molecule has 1 saturated heterocycles. The van der Waals surface area contributed by atoms with E-state index in [0.717, 1.165) is 18.9 Å². The highest BCUT2D eigenvalue weighted by Gasteiger charge is 2.33. The second-order valence-corrected chi connectivity index (χ2v) is 11.0. The third-order valence-electron chi connectivity index (χ3n) is 5.67. The van der Waals surface area contributed by atoms with Crippen LogP contribution in [0.15, 0.2) is 41.3 Å². The number of benzene rings is 2. The Labute approximate surface area is 207 Å². The molecule has 192 valence electrons. The number of likely N-dealkylation sites (tertiary alicyclic amines) is 1. The molecular weight excluding hydrogens is 507 g/mol. The van der Waals surface area contributed by atoms with E-state index >= 15 is 0 Å². The molecule has 0 aromatic heterocycles. The third-order valence-corrected chi connectivity index (χ3v) is 7.73. The van der Waals surface area contributed by atoms with Gasteiger partial charge < -0.3 is 15.8 Å². The van der Waals surface area contributed by atoms with Gasteiger partial charge in [-0.15, -0.1) is 13.2 Å². The molecule has 0 radical (unpaired) electrons. The summed E-state index contributed by atoms with van der Waals surface area (Å²) in [5, 5.41) is 2.83. The molecule has 12 heteroatoms. The number of carbonyl (C=O) groups excluding carboxylic acids is 1. The highest BCUT2D eigenvalue weighted by Crippen LogP contribution is 2.29. The molecule has 0 saturated carbocycles. The minimum absolute atomic E-state index is 0.0286. The van der Waals surface area contributed by atoms with Crippen LogP contribution in [0.5, 0.6) is 5.75 Å². The van der Waals surface area contributed by atoms with Gasteiger partial charge >= 0.3 is 6.36 Å². The molecule has 2 aromatic rings. The number of nitrogens with two attached hydrogens (primary N) is 1. The zero-order valence-electron chi connectivity index (χ0n) is 19.1. The van der Waals surface area contributed by atoms with Gasteiger partial charge in [0.1, 0.15) is 5.75 Å². The van der Waals surface area contributed by atoms with Crippen molar-refractivity contribution in [3.05, 3.63) is 58.1 Å². The molecule has 7 nitrogen and oxygen atoms in total. The third kappa shape index (κ3) is 7.57. The Kier molecular flexibility index (Phi) is 8.68. The second kappa shape index (κ2) is 11.2. The number of alkyl halides is 3. The summed E-state index contributed by atoms with van der Waals surface area (Å²) in [6.45, 7) is 2.76. The average molecular weight is 534 g/mol. The highest BCUT2D eigenvalue weighted by molar-refractivity contribution is 7.91. The molecule has 0 aliphatic carbocycles. The molecule has 35 heavy (non-hydrogen) atoms. The summed E-state index contributed by atoms with van der Waals surface area (Å²) >= 11 is 5.99. The predicted molar refractivity (Wildman–Crippen MR) is 126 cm³/mol. The van der Waals surface area contributed by atoms with Crippen LogP contribution in [0, 0.1) is 0 Å². The lowest BCUT2D eigenvalue weighted by Crippen LogP contribution is -2.42. The predicted octanol–water partition coefficient (Wildman–Crippen LogP) is 3.89. The van der Waals surface area contributed by atoms with Crippen LogP contribution >= 0.6 is 11.6 Å². The monoisotopic (exact) mass is 533 g/mol. The number of amides is 1. The van der Waals surface area contributed by atoms with Crippen LogP contribution in [0.2, 0.25) is 5.02 Å². The molecule has 2 aromatic carbocycles. The number of carbonyl (C=O) groups is 1. The largest absolute Gasteiger partial charge is 0.573 e. The van der Waals surface area contributed by atoms with Crippen molar-refractivity contribution < 1.29 is 31.1 Å². The van der Waals surface area contributed by atoms with E-state index in [2.05, 4.69) is 10.1 Å². The second-order valence-electron chi connectivity index (χ2n) is 8.35. The van der Waals surface area contributed by atoms with E-state index < -0.39 is 27.9 Å². The molecule has 3 rings (SSSR count). The summed E-state index contributed by atoms with van der Waals surface area (Å²) in [5.41, 5.74) is 6.46. The molecule has 3 N–H and O–H groups in total. The lowest BCUT2D eigenvalue weighted by molar-refractivity contribution is -0.275. The fourth-order valence-corrected chi connectivity index (χ4v) is 5.26. The summed E-state index contributed by atoms with van der Waals surface area (Å²) in [6.07, 6.45) is -3.24. The van der Waals surface area contributed by atoms with E-state index in [1.165, 1.54) is 37.3 Å². The zero-order valence-corrected chi connectivity index (χ0v) is 20.6. The van der Waals surface area contributed by atoms with Gasteiger partial charge in [-0.2, -0.15) is 0 Å². The summed E-state index contributed by atoms with van der Waals surface area (Å²) < 4.78 is 68.1. The van der Waals surface area contributed by atoms with Crippen molar-refractivity contribution >= 4 is 27.3 Å². The van der Waals surface area contributed by atoms with E-state index in [1.54, 1.807) is 0 Å². The van der Waals surface area contributed by atoms with Crippen LogP contribution in [0.4, 0.5) is 13.2 Å². The number of ether oxygens (including phenoxy) is 1. The lowest BCUT2D eigenvalue weighted by atomic mass is 10.0. The number of piperidine rings is 1. The highest BCUT2D eigenvalue weighted by atomic mass is 35.5. The number of sulfone groups is 1. The first-order valence-electron chi connectivity index (χ1n) is 11.0. The lowest BCUT2D eigenvalue weighted by Gasteiger charge is -2.31. The standard InChI is InChI=1S/C23H27ClF3N3O4S/c1-2-35(32,33)21-8-7-18(24)10-17(21)12-29-22(31)15-5-6-16(20(11-15)34-23(25,26)27)13-30-9-3-4-19(28)14-30/h5-8,10-11,19H,2-4,9,12-14,28H2,1H3,(H,29,31). The SMILES string of the molecule is CCS(=O)(=O)c1ccc(Cl)cc1CNC(=O)c1ccc(CN2CCCC(N)C2)c(OC(F)(F)F)c1. The van der Waals surface area contributed by atoms with E-state index in [0.29, 0.717) is 13.1 Å². The number of halogens is 4. The molecule has 0 spiro atoms. The van der Waals surface area contributed by atoms with Gasteiger partial charge in [0.05, 0.1) is 10.6 Å². The summed E-state index contributed by atoms with van der Waals surface area (Å²) in [7, 11) is -3.58. The summed E-state index contributed by atoms with van der Waals surface area (Å²) in [5.74, 6) is -1.30. The maximum atomic E-state index is 13.1. The first kappa shape index (κ1) is 27.3. The van der Waals surface area contributed by atoms with E-state index in [9.17, 15) is 26.4 Å². The topological polar surface area (TPSA) is 102 Å². The van der Waals surface area contributed by atoms with E-state index in [1.807, 2.05) is 4.90 Å². The quantitative estimate of drug-likeness (QED) is 0.534. The maximum Gasteiger partial charge on any atom is 0.573 e. The Hall–Kier alpha value is -2.34. The van der Waals surface area contributed by atoms with Crippen LogP contribution in [-0.2, 0) is 22.9 Å². The van der Waals surface area contributed by atoms with Gasteiger partial charge in [-0.1, -0.05) is 24.6 Å². The van der Waals surface area contributed by atoms with E-state index in [4.69, 9.17) is 17.3 Å². The van der Waals surface area contributed by atoms with Gasteiger partial charge in [0.15, 0.2) is 9.84 Å². The van der Waals surface area contributed by atoms with Gasteiger partial charge in [-0.3, -0.25) is 9.69 Å². The number of nitrogens with zero attached hydrogens (tertiary/aromatic N) is 1. The smallest absolute Gasteiger partial charge is 0.405 e. The molecule has 1 atom stereocenters. The van der Waals surface area contributed by atoms with Crippen LogP contribution in [0.1, 0.15) is 41.3 Å². The maximum absolute atomic E-state index is 13.1. The Bertz CT molecular complexity index is 1180. The van der Waals surface area contributed by atoms with Crippen LogP contribution in [0.25, 0.3) is 0 Å². The average Bonchev–Trinajstić information content (AvgIpc) is 2.77. The van der Waals surface area contributed by atoms with Crippen LogP contribution in [0.3, 0.4) is 0 Å². The Morgan fingerprint density at radius 1 is 1.23 bits per heavy atom. The molecular formula is C23H27ClF3N3O4S. The van der Waals surface area contributed by atoms with Crippen molar-refractivity contribution in [1.29, 1.82) is 0 Å². The number of nitrogens with one attached hydrogen (secondary N) is 1. The van der Waals surface area contributed by atoms with E-state index in [-0.39, 0.29) is 51.5 Å². The number of rotatable bonds is 8. The van der Waals surface area contributed by atoms with Gasteiger partial charge in [-0.05, 0) is 55.3 Å². The van der Waals surface area contributed by atoms with Gasteiger partial charge in [0, 0.05) is 41.8 Å². The molecule has 0 bridgehead atoms. The molecule has 1 amide bonds. The first-order chi connectivity index (χ1) is 16.4. The normalized spacial score (nSPS) is 17.3. The zero-order chi connectivity index (χ0) is 25.8. The molecule has 1 unspecified atom stereocenters. The fourth-order valence-electron chi connectivity index (χ4n) is 3.94.